The highest BCUT2D eigenvalue weighted by Gasteiger charge is 2.31. The second-order valence-electron chi connectivity index (χ2n) is 6.51. The first-order valence-corrected chi connectivity index (χ1v) is 8.81. The zero-order valence-corrected chi connectivity index (χ0v) is 15.5. The molecule has 1 N–H and O–H groups in total. The third kappa shape index (κ3) is 4.93. The van der Waals surface area contributed by atoms with Gasteiger partial charge in [-0.2, -0.15) is 13.2 Å². The Morgan fingerprint density at radius 1 is 0.966 bits per heavy atom. The minimum atomic E-state index is -4.49. The average molecular weight is 401 g/mol. The summed E-state index contributed by atoms with van der Waals surface area (Å²) < 4.78 is 43.5. The first-order valence-electron chi connectivity index (χ1n) is 8.81. The van der Waals surface area contributed by atoms with Crippen molar-refractivity contribution >= 4 is 22.6 Å². The molecule has 0 bridgehead atoms. The lowest BCUT2D eigenvalue weighted by Gasteiger charge is -2.17. The molecule has 0 aromatic heterocycles. The summed E-state index contributed by atoms with van der Waals surface area (Å²) in [4.78, 5) is 24.8. The predicted octanol–water partition coefficient (Wildman–Crippen LogP) is 4.37. The Hall–Kier alpha value is -3.35. The number of esters is 1. The summed E-state index contributed by atoms with van der Waals surface area (Å²) >= 11 is 0. The number of nitrogens with one attached hydrogen (secondary N) is 1. The van der Waals surface area contributed by atoms with Crippen LogP contribution in [0.25, 0.3) is 10.8 Å². The number of ether oxygens (including phenoxy) is 1. The fourth-order valence-corrected chi connectivity index (χ4v) is 3.02. The summed E-state index contributed by atoms with van der Waals surface area (Å²) in [5.74, 6) is -1.25. The Kier molecular flexibility index (Phi) is 5.87. The lowest BCUT2D eigenvalue weighted by Crippen LogP contribution is -2.43. The second-order valence-corrected chi connectivity index (χ2v) is 6.51. The molecule has 150 valence electrons. The van der Waals surface area contributed by atoms with Gasteiger partial charge in [-0.3, -0.25) is 4.79 Å². The quantitative estimate of drug-likeness (QED) is 0.646. The molecule has 0 fully saturated rings. The van der Waals surface area contributed by atoms with Crippen LogP contribution in [0.4, 0.5) is 13.2 Å². The predicted molar refractivity (Wildman–Crippen MR) is 102 cm³/mol. The van der Waals surface area contributed by atoms with E-state index in [1.165, 1.54) is 12.1 Å². The molecule has 0 unspecified atom stereocenters. The van der Waals surface area contributed by atoms with Crippen LogP contribution < -0.4 is 5.32 Å². The Morgan fingerprint density at radius 3 is 2.38 bits per heavy atom. The standard InChI is InChI=1S/C22H18F3NO3/c1-29-21(28)19(12-14-5-4-8-18(11-14)22(23,24)25)26-20(27)17-10-9-15-6-2-3-7-16(15)13-17/h2-11,13,19H,12H2,1H3,(H,26,27)/t19-/m0/s1. The van der Waals surface area contributed by atoms with Crippen molar-refractivity contribution in [1.82, 2.24) is 5.32 Å². The van der Waals surface area contributed by atoms with E-state index in [1.54, 1.807) is 18.2 Å². The van der Waals surface area contributed by atoms with E-state index in [9.17, 15) is 22.8 Å². The van der Waals surface area contributed by atoms with Crippen LogP contribution in [-0.2, 0) is 22.1 Å². The maximum absolute atomic E-state index is 12.9. The molecule has 3 rings (SSSR count). The minimum absolute atomic E-state index is 0.129. The molecular formula is C22H18F3NO3. The van der Waals surface area contributed by atoms with Gasteiger partial charge in [0.25, 0.3) is 5.91 Å². The Balaban J connectivity index is 1.81. The number of fused-ring (bicyclic) bond motifs is 1. The van der Waals surface area contributed by atoms with E-state index in [0.29, 0.717) is 5.56 Å². The highest BCUT2D eigenvalue weighted by molar-refractivity contribution is 6.00. The van der Waals surface area contributed by atoms with Crippen LogP contribution in [0.3, 0.4) is 0 Å². The van der Waals surface area contributed by atoms with Crippen molar-refractivity contribution in [3.63, 3.8) is 0 Å². The van der Waals surface area contributed by atoms with Crippen molar-refractivity contribution in [3.8, 4) is 0 Å². The zero-order chi connectivity index (χ0) is 21.0. The van der Waals surface area contributed by atoms with E-state index in [4.69, 9.17) is 4.74 Å². The summed E-state index contributed by atoms with van der Waals surface area (Å²) in [7, 11) is 1.16. The molecule has 0 aliphatic carbocycles. The van der Waals surface area contributed by atoms with Crippen LogP contribution in [0.5, 0.6) is 0 Å². The number of hydrogen-bond acceptors (Lipinski definition) is 3. The maximum atomic E-state index is 12.9. The van der Waals surface area contributed by atoms with Gasteiger partial charge >= 0.3 is 12.1 Å². The SMILES string of the molecule is COC(=O)[C@H](Cc1cccc(C(F)(F)F)c1)NC(=O)c1ccc2ccccc2c1. The average Bonchev–Trinajstić information content (AvgIpc) is 2.71. The number of alkyl halides is 3. The number of hydrogen-bond donors (Lipinski definition) is 1. The maximum Gasteiger partial charge on any atom is 0.416 e. The van der Waals surface area contributed by atoms with Crippen molar-refractivity contribution in [3.05, 3.63) is 83.4 Å². The molecule has 0 saturated heterocycles. The van der Waals surface area contributed by atoms with Gasteiger partial charge in [0.05, 0.1) is 12.7 Å². The summed E-state index contributed by atoms with van der Waals surface area (Å²) in [6, 6.07) is 16.1. The lowest BCUT2D eigenvalue weighted by molar-refractivity contribution is -0.142. The first kappa shape index (κ1) is 20.4. The summed E-state index contributed by atoms with van der Waals surface area (Å²) in [6.07, 6.45) is -4.62. The molecular weight excluding hydrogens is 383 g/mol. The van der Waals surface area contributed by atoms with Crippen molar-refractivity contribution < 1.29 is 27.5 Å². The fraction of sp³-hybridized carbons (Fsp3) is 0.182. The number of methoxy groups -OCH3 is 1. The van der Waals surface area contributed by atoms with Gasteiger partial charge in [0.2, 0.25) is 0 Å². The van der Waals surface area contributed by atoms with E-state index in [2.05, 4.69) is 5.32 Å². The largest absolute Gasteiger partial charge is 0.467 e. The van der Waals surface area contributed by atoms with Crippen molar-refractivity contribution in [2.75, 3.05) is 7.11 Å². The molecule has 0 radical (unpaired) electrons. The van der Waals surface area contributed by atoms with Crippen LogP contribution in [0, 0.1) is 0 Å². The third-order valence-corrected chi connectivity index (χ3v) is 4.50. The zero-order valence-electron chi connectivity index (χ0n) is 15.5. The third-order valence-electron chi connectivity index (χ3n) is 4.50. The van der Waals surface area contributed by atoms with E-state index < -0.39 is 29.7 Å². The number of carbonyl (C=O) groups is 2. The molecule has 7 heteroatoms. The van der Waals surface area contributed by atoms with Crippen LogP contribution in [0.15, 0.2) is 66.7 Å². The van der Waals surface area contributed by atoms with Gasteiger partial charge in [-0.05, 0) is 34.5 Å². The summed E-state index contributed by atoms with van der Waals surface area (Å²) in [5.41, 5.74) is -0.227. The molecule has 0 aliphatic rings. The molecule has 3 aromatic carbocycles. The Bertz CT molecular complexity index is 1050. The summed E-state index contributed by atoms with van der Waals surface area (Å²) in [5, 5.41) is 4.37. The topological polar surface area (TPSA) is 55.4 Å². The molecule has 1 atom stereocenters. The van der Waals surface area contributed by atoms with Gasteiger partial charge in [-0.25, -0.2) is 4.79 Å². The molecule has 3 aromatic rings. The van der Waals surface area contributed by atoms with Gasteiger partial charge < -0.3 is 10.1 Å². The molecule has 29 heavy (non-hydrogen) atoms. The van der Waals surface area contributed by atoms with Crippen molar-refractivity contribution in [2.24, 2.45) is 0 Å². The normalized spacial score (nSPS) is 12.4. The number of benzene rings is 3. The van der Waals surface area contributed by atoms with Gasteiger partial charge in [-0.15, -0.1) is 0 Å². The van der Waals surface area contributed by atoms with Crippen molar-refractivity contribution in [1.29, 1.82) is 0 Å². The van der Waals surface area contributed by atoms with Gasteiger partial charge in [0, 0.05) is 12.0 Å². The van der Waals surface area contributed by atoms with Crippen LogP contribution in [0.1, 0.15) is 21.5 Å². The highest BCUT2D eigenvalue weighted by Crippen LogP contribution is 2.29. The van der Waals surface area contributed by atoms with E-state index in [0.717, 1.165) is 30.0 Å². The van der Waals surface area contributed by atoms with Gasteiger partial charge in [0.1, 0.15) is 6.04 Å². The number of rotatable bonds is 5. The smallest absolute Gasteiger partial charge is 0.416 e. The lowest BCUT2D eigenvalue weighted by atomic mass is 10.0. The molecule has 0 heterocycles. The Labute approximate surface area is 165 Å². The fourth-order valence-electron chi connectivity index (χ4n) is 3.02. The monoisotopic (exact) mass is 401 g/mol. The van der Waals surface area contributed by atoms with Crippen molar-refractivity contribution in [2.45, 2.75) is 18.6 Å². The van der Waals surface area contributed by atoms with E-state index in [1.807, 2.05) is 24.3 Å². The molecule has 1 amide bonds. The van der Waals surface area contributed by atoms with Crippen LogP contribution in [-0.4, -0.2) is 25.0 Å². The number of halogens is 3. The van der Waals surface area contributed by atoms with Crippen LogP contribution in [0.2, 0.25) is 0 Å². The number of carbonyl (C=O) groups excluding carboxylic acids is 2. The Morgan fingerprint density at radius 2 is 1.69 bits per heavy atom. The molecule has 4 nitrogen and oxygen atoms in total. The molecule has 0 spiro atoms. The second kappa shape index (κ2) is 8.34. The van der Waals surface area contributed by atoms with Gasteiger partial charge in [0.15, 0.2) is 0 Å². The molecule has 0 aliphatic heterocycles. The minimum Gasteiger partial charge on any atom is -0.467 e. The highest BCUT2D eigenvalue weighted by atomic mass is 19.4. The number of amides is 1. The van der Waals surface area contributed by atoms with Crippen LogP contribution >= 0.6 is 0 Å². The first-order chi connectivity index (χ1) is 13.8. The molecule has 0 saturated carbocycles. The van der Waals surface area contributed by atoms with E-state index >= 15 is 0 Å². The van der Waals surface area contributed by atoms with Gasteiger partial charge in [-0.1, -0.05) is 48.5 Å². The van der Waals surface area contributed by atoms with E-state index in [-0.39, 0.29) is 12.0 Å². The summed E-state index contributed by atoms with van der Waals surface area (Å²) in [6.45, 7) is 0.